The average Bonchev–Trinajstić information content (AvgIpc) is 2.93. The molecule has 110 valence electrons. The summed E-state index contributed by atoms with van der Waals surface area (Å²) in [5, 5.41) is 23.6. The first-order chi connectivity index (χ1) is 10.1. The van der Waals surface area contributed by atoms with Crippen molar-refractivity contribution in [3.63, 3.8) is 0 Å². The molecular formula is C16H20N4O. The minimum atomic E-state index is -0.692. The first-order valence-corrected chi connectivity index (χ1v) is 7.67. The SMILES string of the molecule is Cn1nnc(CC2(O)C3CCC2Cc2ccccc2C3)n1. The van der Waals surface area contributed by atoms with Crippen LogP contribution in [0.3, 0.4) is 0 Å². The summed E-state index contributed by atoms with van der Waals surface area (Å²) >= 11 is 0. The molecule has 2 atom stereocenters. The minimum absolute atomic E-state index is 0.301. The summed E-state index contributed by atoms with van der Waals surface area (Å²) in [4.78, 5) is 1.46. The number of aliphatic hydroxyl groups is 1. The lowest BCUT2D eigenvalue weighted by Gasteiger charge is -2.32. The zero-order chi connectivity index (χ0) is 14.4. The summed E-state index contributed by atoms with van der Waals surface area (Å²) in [6, 6.07) is 8.61. The van der Waals surface area contributed by atoms with Gasteiger partial charge >= 0.3 is 0 Å². The van der Waals surface area contributed by atoms with Crippen molar-refractivity contribution in [2.45, 2.75) is 37.7 Å². The summed E-state index contributed by atoms with van der Waals surface area (Å²) < 4.78 is 0. The van der Waals surface area contributed by atoms with Gasteiger partial charge in [-0.25, -0.2) is 0 Å². The number of fused-ring (bicyclic) bond motifs is 3. The van der Waals surface area contributed by atoms with Gasteiger partial charge < -0.3 is 5.11 Å². The Morgan fingerprint density at radius 3 is 2.33 bits per heavy atom. The smallest absolute Gasteiger partial charge is 0.177 e. The van der Waals surface area contributed by atoms with Gasteiger partial charge in [-0.15, -0.1) is 10.2 Å². The van der Waals surface area contributed by atoms with Gasteiger partial charge in [-0.2, -0.15) is 4.80 Å². The van der Waals surface area contributed by atoms with Crippen LogP contribution < -0.4 is 0 Å². The summed E-state index contributed by atoms with van der Waals surface area (Å²) in [5.74, 6) is 1.26. The van der Waals surface area contributed by atoms with Crippen LogP contribution in [0.5, 0.6) is 0 Å². The van der Waals surface area contributed by atoms with Crippen molar-refractivity contribution in [2.75, 3.05) is 0 Å². The maximum absolute atomic E-state index is 11.4. The van der Waals surface area contributed by atoms with Crippen molar-refractivity contribution in [1.29, 1.82) is 0 Å². The van der Waals surface area contributed by atoms with Gasteiger partial charge in [-0.05, 0) is 53.9 Å². The molecule has 5 heteroatoms. The number of aryl methyl sites for hydroxylation is 1. The van der Waals surface area contributed by atoms with E-state index in [4.69, 9.17) is 0 Å². The zero-order valence-electron chi connectivity index (χ0n) is 12.2. The standard InChI is InChI=1S/C16H20N4O/c1-20-18-15(17-19-20)10-16(21)13-6-7-14(16)9-12-5-3-2-4-11(12)8-13/h2-5,13-14,21H,6-10H2,1H3. The minimum Gasteiger partial charge on any atom is -0.389 e. The highest BCUT2D eigenvalue weighted by Gasteiger charge is 2.50. The van der Waals surface area contributed by atoms with Gasteiger partial charge in [-0.3, -0.25) is 0 Å². The normalized spacial score (nSPS) is 31.0. The van der Waals surface area contributed by atoms with Gasteiger partial charge in [0.05, 0.1) is 12.6 Å². The summed E-state index contributed by atoms with van der Waals surface area (Å²) in [5.41, 5.74) is 2.10. The predicted molar refractivity (Wildman–Crippen MR) is 77.5 cm³/mol. The third-order valence-corrected chi connectivity index (χ3v) is 5.32. The molecule has 2 aliphatic rings. The van der Waals surface area contributed by atoms with E-state index in [1.165, 1.54) is 15.9 Å². The second-order valence-corrected chi connectivity index (χ2v) is 6.51. The van der Waals surface area contributed by atoms with E-state index < -0.39 is 5.60 Å². The van der Waals surface area contributed by atoms with Crippen LogP contribution in [0.15, 0.2) is 24.3 Å². The van der Waals surface area contributed by atoms with Gasteiger partial charge in [0.1, 0.15) is 0 Å². The Morgan fingerprint density at radius 1 is 1.19 bits per heavy atom. The fourth-order valence-electron chi connectivity index (χ4n) is 4.22. The highest BCUT2D eigenvalue weighted by molar-refractivity contribution is 5.32. The van der Waals surface area contributed by atoms with Crippen LogP contribution in [0, 0.1) is 11.8 Å². The molecule has 0 amide bonds. The second kappa shape index (κ2) is 4.63. The fourth-order valence-corrected chi connectivity index (χ4v) is 4.22. The highest BCUT2D eigenvalue weighted by atomic mass is 16.3. The van der Waals surface area contributed by atoms with E-state index in [2.05, 4.69) is 39.7 Å². The molecule has 1 saturated carbocycles. The summed E-state index contributed by atoms with van der Waals surface area (Å²) in [6.45, 7) is 0. The van der Waals surface area contributed by atoms with Crippen molar-refractivity contribution >= 4 is 0 Å². The van der Waals surface area contributed by atoms with Crippen molar-refractivity contribution in [3.05, 3.63) is 41.2 Å². The van der Waals surface area contributed by atoms with Gasteiger partial charge in [0.15, 0.2) is 5.82 Å². The third-order valence-electron chi connectivity index (χ3n) is 5.32. The summed E-state index contributed by atoms with van der Waals surface area (Å²) in [6.07, 6.45) is 4.63. The van der Waals surface area contributed by atoms with E-state index in [1.807, 2.05) is 0 Å². The number of rotatable bonds is 2. The first-order valence-electron chi connectivity index (χ1n) is 7.67. The number of aromatic nitrogens is 4. The maximum atomic E-state index is 11.4. The van der Waals surface area contributed by atoms with E-state index >= 15 is 0 Å². The molecule has 5 nitrogen and oxygen atoms in total. The number of tetrazole rings is 1. The molecule has 0 aliphatic heterocycles. The number of hydrogen-bond donors (Lipinski definition) is 1. The fraction of sp³-hybridized carbons (Fsp3) is 0.562. The topological polar surface area (TPSA) is 63.8 Å². The van der Waals surface area contributed by atoms with Gasteiger partial charge in [0, 0.05) is 6.42 Å². The molecule has 2 aromatic rings. The van der Waals surface area contributed by atoms with Crippen molar-refractivity contribution in [1.82, 2.24) is 20.2 Å². The monoisotopic (exact) mass is 284 g/mol. The highest BCUT2D eigenvalue weighted by Crippen LogP contribution is 2.48. The number of nitrogens with zero attached hydrogens (tertiary/aromatic N) is 4. The quantitative estimate of drug-likeness (QED) is 0.903. The van der Waals surface area contributed by atoms with E-state index in [0.717, 1.165) is 25.7 Å². The lowest BCUT2D eigenvalue weighted by atomic mass is 9.79. The largest absolute Gasteiger partial charge is 0.389 e. The Bertz CT molecular complexity index is 633. The Kier molecular flexibility index (Phi) is 2.85. The van der Waals surface area contributed by atoms with Crippen LogP contribution in [-0.2, 0) is 26.3 Å². The molecule has 0 radical (unpaired) electrons. The van der Waals surface area contributed by atoms with E-state index in [-0.39, 0.29) is 0 Å². The number of benzene rings is 1. The molecule has 2 bridgehead atoms. The maximum Gasteiger partial charge on any atom is 0.177 e. The van der Waals surface area contributed by atoms with Crippen LogP contribution in [0.4, 0.5) is 0 Å². The van der Waals surface area contributed by atoms with Crippen LogP contribution in [0.1, 0.15) is 29.8 Å². The predicted octanol–water partition coefficient (Wildman–Crippen LogP) is 1.31. The molecule has 1 aromatic carbocycles. The molecule has 2 unspecified atom stereocenters. The second-order valence-electron chi connectivity index (χ2n) is 6.51. The van der Waals surface area contributed by atoms with E-state index in [9.17, 15) is 5.11 Å². The lowest BCUT2D eigenvalue weighted by Crippen LogP contribution is -2.42. The lowest BCUT2D eigenvalue weighted by molar-refractivity contribution is -0.0346. The van der Waals surface area contributed by atoms with Gasteiger partial charge in [0.25, 0.3) is 0 Å². The molecule has 21 heavy (non-hydrogen) atoms. The summed E-state index contributed by atoms with van der Waals surface area (Å²) in [7, 11) is 1.76. The molecule has 1 heterocycles. The molecule has 0 saturated heterocycles. The van der Waals surface area contributed by atoms with E-state index in [1.54, 1.807) is 7.05 Å². The molecule has 1 fully saturated rings. The Hall–Kier alpha value is -1.75. The molecule has 0 spiro atoms. The third kappa shape index (κ3) is 2.07. The van der Waals surface area contributed by atoms with Crippen LogP contribution in [0.25, 0.3) is 0 Å². The van der Waals surface area contributed by atoms with Crippen molar-refractivity contribution in [3.8, 4) is 0 Å². The van der Waals surface area contributed by atoms with E-state index in [0.29, 0.717) is 24.1 Å². The Balaban J connectivity index is 1.68. The van der Waals surface area contributed by atoms with Gasteiger partial charge in [0.2, 0.25) is 0 Å². The van der Waals surface area contributed by atoms with Crippen LogP contribution >= 0.6 is 0 Å². The zero-order valence-corrected chi connectivity index (χ0v) is 12.2. The number of hydrogen-bond acceptors (Lipinski definition) is 4. The van der Waals surface area contributed by atoms with Gasteiger partial charge in [-0.1, -0.05) is 24.3 Å². The average molecular weight is 284 g/mol. The molecule has 1 N–H and O–H groups in total. The van der Waals surface area contributed by atoms with Crippen LogP contribution in [0.2, 0.25) is 0 Å². The molecule has 1 aromatic heterocycles. The van der Waals surface area contributed by atoms with Crippen LogP contribution in [-0.4, -0.2) is 30.9 Å². The molecule has 2 aliphatic carbocycles. The molecular weight excluding hydrogens is 264 g/mol. The Labute approximate surface area is 124 Å². The molecule has 4 rings (SSSR count). The van der Waals surface area contributed by atoms with Crippen molar-refractivity contribution < 1.29 is 5.11 Å². The Morgan fingerprint density at radius 2 is 1.81 bits per heavy atom. The van der Waals surface area contributed by atoms with Crippen molar-refractivity contribution in [2.24, 2.45) is 18.9 Å². The first kappa shape index (κ1) is 13.0.